The van der Waals surface area contributed by atoms with Gasteiger partial charge in [0.25, 0.3) is 0 Å². The zero-order chi connectivity index (χ0) is 22.8. The Labute approximate surface area is 199 Å². The van der Waals surface area contributed by atoms with Crippen molar-refractivity contribution in [1.82, 2.24) is 9.88 Å². The predicted octanol–water partition coefficient (Wildman–Crippen LogP) is 5.02. The second kappa shape index (κ2) is 7.41. The zero-order valence-corrected chi connectivity index (χ0v) is 19.4. The van der Waals surface area contributed by atoms with Crippen LogP contribution in [0.3, 0.4) is 0 Å². The average molecular weight is 459 g/mol. The molecule has 4 nitrogen and oxygen atoms in total. The number of hydrogen-bond donors (Lipinski definition) is 1. The van der Waals surface area contributed by atoms with Gasteiger partial charge in [-0.05, 0) is 72.6 Å². The second-order valence-corrected chi connectivity index (χ2v) is 10.4. The molecule has 2 bridgehead atoms. The van der Waals surface area contributed by atoms with E-state index in [0.717, 1.165) is 36.0 Å². The molecule has 2 aliphatic carbocycles. The summed E-state index contributed by atoms with van der Waals surface area (Å²) in [7, 11) is 0. The highest BCUT2D eigenvalue weighted by Crippen LogP contribution is 2.61. The number of carbonyl (C=O) groups excluding carboxylic acids is 1. The Balaban J connectivity index is 1.31. The number of halogens is 1. The molecule has 5 heteroatoms. The topological polar surface area (TPSA) is 53.4 Å². The summed E-state index contributed by atoms with van der Waals surface area (Å²) in [5, 5.41) is 12.0. The van der Waals surface area contributed by atoms with Gasteiger partial charge in [-0.25, -0.2) is 0 Å². The van der Waals surface area contributed by atoms with E-state index in [1.165, 1.54) is 11.1 Å². The fourth-order valence-corrected chi connectivity index (χ4v) is 6.75. The number of amides is 1. The number of aliphatic hydroxyl groups is 1. The van der Waals surface area contributed by atoms with Crippen LogP contribution in [0.5, 0.6) is 0 Å². The summed E-state index contributed by atoms with van der Waals surface area (Å²) in [6.07, 6.45) is 5.77. The Morgan fingerprint density at radius 2 is 1.85 bits per heavy atom. The number of pyridine rings is 1. The van der Waals surface area contributed by atoms with Crippen LogP contribution in [0.1, 0.15) is 59.9 Å². The summed E-state index contributed by atoms with van der Waals surface area (Å²) in [6.45, 7) is 3.16. The molecule has 2 heterocycles. The maximum Gasteiger partial charge on any atom is 0.237 e. The van der Waals surface area contributed by atoms with Crippen molar-refractivity contribution in [2.45, 2.75) is 43.1 Å². The van der Waals surface area contributed by atoms with Crippen LogP contribution in [0.2, 0.25) is 5.02 Å². The Bertz CT molecular complexity index is 1230. The van der Waals surface area contributed by atoms with Gasteiger partial charge in [0, 0.05) is 42.0 Å². The number of fused-ring (bicyclic) bond motifs is 8. The number of likely N-dealkylation sites (tertiary alicyclic amines) is 1. The van der Waals surface area contributed by atoms with E-state index in [1.807, 2.05) is 42.2 Å². The van der Waals surface area contributed by atoms with Gasteiger partial charge in [0.2, 0.25) is 5.91 Å². The van der Waals surface area contributed by atoms with Crippen LogP contribution in [0, 0.1) is 5.92 Å². The molecule has 33 heavy (non-hydrogen) atoms. The standard InChI is InChI=1S/C28H27ClN2O2/c1-27(33,19-5-4-12-30-17-19)18-10-13-31(14-11-18)26(32)28-16-23(21-6-2-3-7-24(21)28)22-9-8-20(29)15-25(22)28/h2-9,12,15,17-18,23,33H,10-11,13-14,16H2,1H3/t23-,27?,28+/m1/s1. The highest BCUT2D eigenvalue weighted by molar-refractivity contribution is 6.30. The third kappa shape index (κ3) is 2.93. The monoisotopic (exact) mass is 458 g/mol. The minimum atomic E-state index is -0.958. The van der Waals surface area contributed by atoms with Crippen molar-refractivity contribution in [3.05, 3.63) is 99.8 Å². The summed E-state index contributed by atoms with van der Waals surface area (Å²) in [5.41, 5.74) is 3.95. The lowest BCUT2D eigenvalue weighted by atomic mass is 9.73. The van der Waals surface area contributed by atoms with Gasteiger partial charge >= 0.3 is 0 Å². The number of aromatic nitrogens is 1. The Morgan fingerprint density at radius 3 is 2.61 bits per heavy atom. The summed E-state index contributed by atoms with van der Waals surface area (Å²) >= 11 is 6.41. The first kappa shape index (κ1) is 20.9. The van der Waals surface area contributed by atoms with E-state index in [2.05, 4.69) is 29.2 Å². The molecule has 0 spiro atoms. The maximum absolute atomic E-state index is 14.3. The molecule has 1 N–H and O–H groups in total. The Kier molecular flexibility index (Phi) is 4.69. The number of rotatable bonds is 3. The molecular weight excluding hydrogens is 432 g/mol. The molecule has 1 saturated heterocycles. The molecule has 1 aromatic heterocycles. The zero-order valence-electron chi connectivity index (χ0n) is 18.7. The minimum absolute atomic E-state index is 0.0807. The molecule has 168 valence electrons. The van der Waals surface area contributed by atoms with Crippen molar-refractivity contribution in [2.75, 3.05) is 13.1 Å². The Morgan fingerprint density at radius 1 is 1.09 bits per heavy atom. The lowest BCUT2D eigenvalue weighted by Gasteiger charge is -2.42. The van der Waals surface area contributed by atoms with Crippen LogP contribution in [-0.4, -0.2) is 34.0 Å². The van der Waals surface area contributed by atoms with Gasteiger partial charge in [-0.3, -0.25) is 9.78 Å². The summed E-state index contributed by atoms with van der Waals surface area (Å²) in [5.74, 6) is 0.511. The molecule has 6 rings (SSSR count). The van der Waals surface area contributed by atoms with Crippen molar-refractivity contribution in [1.29, 1.82) is 0 Å². The number of carbonyl (C=O) groups is 1. The van der Waals surface area contributed by atoms with Crippen molar-refractivity contribution in [2.24, 2.45) is 5.92 Å². The van der Waals surface area contributed by atoms with E-state index in [9.17, 15) is 9.90 Å². The van der Waals surface area contributed by atoms with Gasteiger partial charge in [-0.2, -0.15) is 0 Å². The first-order chi connectivity index (χ1) is 15.9. The SMILES string of the molecule is CC(O)(c1cccnc1)C1CCN(C(=O)[C@@]23C[C@H](c4ccccc42)c2ccc(Cl)cc23)CC1. The van der Waals surface area contributed by atoms with Gasteiger partial charge < -0.3 is 10.0 Å². The maximum atomic E-state index is 14.3. The molecule has 3 aromatic rings. The van der Waals surface area contributed by atoms with E-state index in [0.29, 0.717) is 18.1 Å². The second-order valence-electron chi connectivity index (χ2n) is 9.94. The molecule has 1 unspecified atom stereocenters. The molecule has 0 radical (unpaired) electrons. The normalized spacial score (nSPS) is 25.4. The van der Waals surface area contributed by atoms with E-state index in [4.69, 9.17) is 11.6 Å². The molecule has 0 saturated carbocycles. The summed E-state index contributed by atoms with van der Waals surface area (Å²) in [4.78, 5) is 20.5. The van der Waals surface area contributed by atoms with Crippen molar-refractivity contribution < 1.29 is 9.90 Å². The number of benzene rings is 2. The van der Waals surface area contributed by atoms with Gasteiger partial charge in [0.05, 0.1) is 5.60 Å². The summed E-state index contributed by atoms with van der Waals surface area (Å²) in [6, 6.07) is 18.2. The molecule has 1 aliphatic heterocycles. The van der Waals surface area contributed by atoms with Gasteiger partial charge in [-0.1, -0.05) is 48.0 Å². The van der Waals surface area contributed by atoms with Crippen LogP contribution in [-0.2, 0) is 15.8 Å². The van der Waals surface area contributed by atoms with Crippen LogP contribution in [0.4, 0.5) is 0 Å². The highest BCUT2D eigenvalue weighted by Gasteiger charge is 2.58. The molecule has 1 fully saturated rings. The van der Waals surface area contributed by atoms with Crippen LogP contribution >= 0.6 is 11.6 Å². The average Bonchev–Trinajstić information content (AvgIpc) is 3.37. The quantitative estimate of drug-likeness (QED) is 0.599. The van der Waals surface area contributed by atoms with Crippen LogP contribution < -0.4 is 0 Å². The van der Waals surface area contributed by atoms with Gasteiger partial charge in [-0.15, -0.1) is 0 Å². The van der Waals surface area contributed by atoms with E-state index >= 15 is 0 Å². The van der Waals surface area contributed by atoms with Gasteiger partial charge in [0.15, 0.2) is 0 Å². The number of nitrogens with zero attached hydrogens (tertiary/aromatic N) is 2. The molecule has 3 atom stereocenters. The number of piperidine rings is 1. The third-order valence-corrected chi connectivity index (χ3v) is 8.58. The minimum Gasteiger partial charge on any atom is -0.385 e. The lowest BCUT2D eigenvalue weighted by Crippen LogP contribution is -2.51. The molecule has 1 amide bonds. The van der Waals surface area contributed by atoms with Crippen LogP contribution in [0.25, 0.3) is 0 Å². The lowest BCUT2D eigenvalue weighted by molar-refractivity contribution is -0.139. The molecular formula is C28H27ClN2O2. The fourth-order valence-electron chi connectivity index (χ4n) is 6.58. The fraction of sp³-hybridized carbons (Fsp3) is 0.357. The first-order valence-electron chi connectivity index (χ1n) is 11.7. The Hall–Kier alpha value is -2.69. The number of hydrogen-bond acceptors (Lipinski definition) is 3. The first-order valence-corrected chi connectivity index (χ1v) is 12.1. The molecule has 3 aliphatic rings. The van der Waals surface area contributed by atoms with E-state index in [-0.39, 0.29) is 17.7 Å². The van der Waals surface area contributed by atoms with Crippen molar-refractivity contribution >= 4 is 17.5 Å². The van der Waals surface area contributed by atoms with Crippen molar-refractivity contribution in [3.8, 4) is 0 Å². The highest BCUT2D eigenvalue weighted by atomic mass is 35.5. The van der Waals surface area contributed by atoms with Gasteiger partial charge in [0.1, 0.15) is 5.41 Å². The van der Waals surface area contributed by atoms with E-state index < -0.39 is 11.0 Å². The molecule has 2 aromatic carbocycles. The van der Waals surface area contributed by atoms with E-state index in [1.54, 1.807) is 12.4 Å². The largest absolute Gasteiger partial charge is 0.385 e. The smallest absolute Gasteiger partial charge is 0.237 e. The predicted molar refractivity (Wildman–Crippen MR) is 128 cm³/mol. The summed E-state index contributed by atoms with van der Waals surface area (Å²) < 4.78 is 0. The van der Waals surface area contributed by atoms with Crippen molar-refractivity contribution in [3.63, 3.8) is 0 Å². The van der Waals surface area contributed by atoms with Crippen LogP contribution in [0.15, 0.2) is 67.0 Å². The third-order valence-electron chi connectivity index (χ3n) is 8.35.